The van der Waals surface area contributed by atoms with Gasteiger partial charge in [-0.25, -0.2) is 0 Å². The molecule has 2 aliphatic carbocycles. The van der Waals surface area contributed by atoms with E-state index < -0.39 is 0 Å². The summed E-state index contributed by atoms with van der Waals surface area (Å²) in [6.45, 7) is 7.54. The predicted octanol–water partition coefficient (Wildman–Crippen LogP) is 2.61. The van der Waals surface area contributed by atoms with E-state index in [2.05, 4.69) is 18.5 Å². The molecule has 2 rings (SSSR count). The Morgan fingerprint density at radius 1 is 1.42 bits per heavy atom. The second-order valence-corrected chi connectivity index (χ2v) is 4.33. The first-order chi connectivity index (χ1) is 5.74. The molecule has 0 atom stereocenters. The lowest BCUT2D eigenvalue weighted by Crippen LogP contribution is -2.51. The third kappa shape index (κ3) is 1.17. The maximum atomic E-state index is 3.86. The average Bonchev–Trinajstić information content (AvgIpc) is 1.91. The Morgan fingerprint density at radius 3 is 2.50 bits per heavy atom. The monoisotopic (exact) mass is 163 g/mol. The van der Waals surface area contributed by atoms with Gasteiger partial charge in [0.05, 0.1) is 0 Å². The van der Waals surface area contributed by atoms with Crippen LogP contribution in [0.25, 0.3) is 0 Å². The van der Waals surface area contributed by atoms with Crippen LogP contribution in [0.4, 0.5) is 0 Å². The molecule has 12 heavy (non-hydrogen) atoms. The van der Waals surface area contributed by atoms with Crippen molar-refractivity contribution in [3.63, 3.8) is 0 Å². The molecule has 0 bridgehead atoms. The van der Waals surface area contributed by atoms with Crippen LogP contribution in [0.2, 0.25) is 0 Å². The zero-order chi connectivity index (χ0) is 8.60. The van der Waals surface area contributed by atoms with Crippen molar-refractivity contribution in [3.05, 3.63) is 24.9 Å². The molecule has 1 N–H and O–H groups in total. The highest BCUT2D eigenvalue weighted by molar-refractivity contribution is 5.13. The summed E-state index contributed by atoms with van der Waals surface area (Å²) in [7, 11) is 0. The molecule has 0 unspecified atom stereocenters. The van der Waals surface area contributed by atoms with Crippen LogP contribution in [-0.2, 0) is 0 Å². The molecule has 0 aromatic rings. The number of allylic oxidation sites excluding steroid dienone is 1. The number of nitrogens with one attached hydrogen (secondary N) is 1. The fraction of sp³-hybridized carbons (Fsp3) is 0.636. The molecule has 1 spiro atoms. The van der Waals surface area contributed by atoms with Crippen molar-refractivity contribution < 1.29 is 0 Å². The normalized spacial score (nSPS) is 25.7. The highest BCUT2D eigenvalue weighted by Crippen LogP contribution is 2.55. The third-order valence-corrected chi connectivity index (χ3v) is 3.41. The van der Waals surface area contributed by atoms with Gasteiger partial charge in [0.1, 0.15) is 0 Å². The van der Waals surface area contributed by atoms with Crippen molar-refractivity contribution in [2.24, 2.45) is 5.41 Å². The van der Waals surface area contributed by atoms with Crippen molar-refractivity contribution in [1.29, 1.82) is 0 Å². The van der Waals surface area contributed by atoms with Crippen LogP contribution in [0.1, 0.15) is 32.1 Å². The molecular weight excluding hydrogens is 146 g/mol. The van der Waals surface area contributed by atoms with Gasteiger partial charge >= 0.3 is 0 Å². The Balaban J connectivity index is 1.74. The van der Waals surface area contributed by atoms with Crippen molar-refractivity contribution in [3.8, 4) is 0 Å². The molecule has 0 radical (unpaired) electrons. The highest BCUT2D eigenvalue weighted by atomic mass is 14.9. The summed E-state index contributed by atoms with van der Waals surface area (Å²) < 4.78 is 0. The summed E-state index contributed by atoms with van der Waals surface area (Å²) in [6.07, 6.45) is 8.90. The van der Waals surface area contributed by atoms with Gasteiger partial charge in [0.15, 0.2) is 0 Å². The molecule has 0 aromatic heterocycles. The zero-order valence-electron chi connectivity index (χ0n) is 7.60. The van der Waals surface area contributed by atoms with Gasteiger partial charge in [-0.1, -0.05) is 19.6 Å². The molecule has 1 heteroatoms. The van der Waals surface area contributed by atoms with Gasteiger partial charge in [-0.3, -0.25) is 0 Å². The number of rotatable bonds is 3. The second-order valence-electron chi connectivity index (χ2n) is 4.33. The minimum Gasteiger partial charge on any atom is -0.383 e. The van der Waals surface area contributed by atoms with E-state index in [1.807, 2.05) is 0 Å². The summed E-state index contributed by atoms with van der Waals surface area (Å²) in [5.41, 5.74) is 1.74. The minimum absolute atomic E-state index is 0.691. The maximum Gasteiger partial charge on any atom is 0.0271 e. The van der Waals surface area contributed by atoms with E-state index in [0.29, 0.717) is 6.04 Å². The van der Waals surface area contributed by atoms with Crippen molar-refractivity contribution >= 4 is 0 Å². The molecular formula is C11H17N. The Labute approximate surface area is 74.5 Å². The van der Waals surface area contributed by atoms with E-state index in [-0.39, 0.29) is 0 Å². The second kappa shape index (κ2) is 2.65. The van der Waals surface area contributed by atoms with Gasteiger partial charge in [-0.2, -0.15) is 0 Å². The van der Waals surface area contributed by atoms with Crippen molar-refractivity contribution in [2.45, 2.75) is 38.1 Å². The zero-order valence-corrected chi connectivity index (χ0v) is 7.60. The largest absolute Gasteiger partial charge is 0.383 e. The lowest BCUT2D eigenvalue weighted by atomic mass is 9.54. The summed E-state index contributed by atoms with van der Waals surface area (Å²) in [6, 6.07) is 0.691. The number of hydrogen-bond acceptors (Lipinski definition) is 1. The Kier molecular flexibility index (Phi) is 1.75. The highest BCUT2D eigenvalue weighted by Gasteiger charge is 2.47. The molecule has 0 aromatic carbocycles. The van der Waals surface area contributed by atoms with Gasteiger partial charge in [-0.05, 0) is 37.2 Å². The average molecular weight is 163 g/mol. The maximum absolute atomic E-state index is 3.86. The first kappa shape index (κ1) is 7.90. The van der Waals surface area contributed by atoms with Gasteiger partial charge < -0.3 is 5.32 Å². The van der Waals surface area contributed by atoms with Crippen molar-refractivity contribution in [2.75, 3.05) is 0 Å². The lowest BCUT2D eigenvalue weighted by molar-refractivity contribution is 0.00199. The van der Waals surface area contributed by atoms with Crippen LogP contribution < -0.4 is 5.32 Å². The van der Waals surface area contributed by atoms with E-state index in [4.69, 9.17) is 0 Å². The van der Waals surface area contributed by atoms with E-state index in [1.54, 1.807) is 6.08 Å². The fourth-order valence-corrected chi connectivity index (χ4v) is 2.49. The SMILES string of the molecule is C=CC(=C)NC1CC2(CCC2)C1. The molecule has 0 heterocycles. The van der Waals surface area contributed by atoms with Gasteiger partial charge in [0.25, 0.3) is 0 Å². The first-order valence-corrected chi connectivity index (χ1v) is 4.82. The van der Waals surface area contributed by atoms with Crippen LogP contribution in [0, 0.1) is 5.41 Å². The van der Waals surface area contributed by atoms with Gasteiger partial charge in [-0.15, -0.1) is 0 Å². The van der Waals surface area contributed by atoms with Crippen molar-refractivity contribution in [1.82, 2.24) is 5.32 Å². The van der Waals surface area contributed by atoms with Crippen LogP contribution in [-0.4, -0.2) is 6.04 Å². The first-order valence-electron chi connectivity index (χ1n) is 4.82. The molecule has 2 aliphatic rings. The predicted molar refractivity (Wildman–Crippen MR) is 51.8 cm³/mol. The topological polar surface area (TPSA) is 12.0 Å². The van der Waals surface area contributed by atoms with Gasteiger partial charge in [0.2, 0.25) is 0 Å². The molecule has 0 saturated heterocycles. The summed E-state index contributed by atoms with van der Waals surface area (Å²) >= 11 is 0. The van der Waals surface area contributed by atoms with Gasteiger partial charge in [0, 0.05) is 11.7 Å². The van der Waals surface area contributed by atoms with Crippen LogP contribution in [0.15, 0.2) is 24.9 Å². The Morgan fingerprint density at radius 2 is 2.08 bits per heavy atom. The molecule has 2 saturated carbocycles. The molecule has 0 aliphatic heterocycles. The van der Waals surface area contributed by atoms with E-state index in [0.717, 1.165) is 11.1 Å². The van der Waals surface area contributed by atoms with E-state index >= 15 is 0 Å². The Hall–Kier alpha value is -0.720. The molecule has 66 valence electrons. The van der Waals surface area contributed by atoms with E-state index in [9.17, 15) is 0 Å². The number of hydrogen-bond donors (Lipinski definition) is 1. The molecule has 0 amide bonds. The quantitative estimate of drug-likeness (QED) is 0.631. The van der Waals surface area contributed by atoms with Crippen LogP contribution >= 0.6 is 0 Å². The summed E-state index contributed by atoms with van der Waals surface area (Å²) in [5, 5.41) is 3.38. The molecule has 1 nitrogen and oxygen atoms in total. The summed E-state index contributed by atoms with van der Waals surface area (Å²) in [4.78, 5) is 0. The summed E-state index contributed by atoms with van der Waals surface area (Å²) in [5.74, 6) is 0. The van der Waals surface area contributed by atoms with Crippen LogP contribution in [0.3, 0.4) is 0 Å². The fourth-order valence-electron chi connectivity index (χ4n) is 2.49. The smallest absolute Gasteiger partial charge is 0.0271 e. The van der Waals surface area contributed by atoms with Crippen LogP contribution in [0.5, 0.6) is 0 Å². The van der Waals surface area contributed by atoms with E-state index in [1.165, 1.54) is 32.1 Å². The lowest BCUT2D eigenvalue weighted by Gasteiger charge is -2.54. The third-order valence-electron chi connectivity index (χ3n) is 3.41. The standard InChI is InChI=1S/C11H17N/c1-3-9(2)12-10-7-11(8-10)5-4-6-11/h3,10,12H,1-2,4-8H2. The minimum atomic E-state index is 0.691. The Bertz CT molecular complexity index is 205. The molecule has 2 fully saturated rings.